The van der Waals surface area contributed by atoms with Gasteiger partial charge in [0.15, 0.2) is 6.10 Å². The molecule has 3 rings (SSSR count). The molecule has 0 heterocycles. The third-order valence-electron chi connectivity index (χ3n) is 4.26. The largest absolute Gasteiger partial charge is 0.451 e. The van der Waals surface area contributed by atoms with Crippen molar-refractivity contribution in [3.63, 3.8) is 0 Å². The normalized spacial score (nSPS) is 12.3. The lowest BCUT2D eigenvalue weighted by atomic mass is 10.1. The Balaban J connectivity index is 1.69. The molecule has 0 aliphatic rings. The Kier molecular flexibility index (Phi) is 7.25. The highest BCUT2D eigenvalue weighted by atomic mass is 32.2. The molecule has 2 atom stereocenters. The smallest absolute Gasteiger partial charge is 0.324 e. The molecular formula is C24H20N2O3S. The Morgan fingerprint density at radius 3 is 2.13 bits per heavy atom. The number of benzene rings is 3. The van der Waals surface area contributed by atoms with Crippen molar-refractivity contribution in [2.75, 3.05) is 5.32 Å². The molecule has 0 saturated heterocycles. The van der Waals surface area contributed by atoms with Crippen LogP contribution in [-0.4, -0.2) is 18.0 Å². The summed E-state index contributed by atoms with van der Waals surface area (Å²) in [5, 5.41) is 10.9. The number of thioether (sulfide) groups is 1. The first-order chi connectivity index (χ1) is 14.6. The highest BCUT2D eigenvalue weighted by Crippen LogP contribution is 2.36. The van der Waals surface area contributed by atoms with Crippen LogP contribution in [0.2, 0.25) is 0 Å². The molecule has 0 bridgehead atoms. The number of amides is 1. The van der Waals surface area contributed by atoms with E-state index >= 15 is 0 Å². The van der Waals surface area contributed by atoms with Crippen molar-refractivity contribution in [3.8, 4) is 6.07 Å². The predicted octanol–water partition coefficient (Wildman–Crippen LogP) is 4.96. The molecule has 1 amide bonds. The molecule has 30 heavy (non-hydrogen) atoms. The van der Waals surface area contributed by atoms with Crippen LogP contribution in [0.3, 0.4) is 0 Å². The lowest BCUT2D eigenvalue weighted by Crippen LogP contribution is -2.31. The van der Waals surface area contributed by atoms with E-state index < -0.39 is 23.2 Å². The Bertz CT molecular complexity index is 1030. The number of nitrogens with one attached hydrogen (secondary N) is 1. The quantitative estimate of drug-likeness (QED) is 0.435. The van der Waals surface area contributed by atoms with E-state index in [0.717, 1.165) is 10.5 Å². The molecule has 0 saturated carbocycles. The van der Waals surface area contributed by atoms with Crippen molar-refractivity contribution in [1.82, 2.24) is 0 Å². The number of nitrogens with zero attached hydrogens (tertiary/aromatic N) is 1. The Labute approximate surface area is 179 Å². The summed E-state index contributed by atoms with van der Waals surface area (Å²) in [4.78, 5) is 26.3. The lowest BCUT2D eigenvalue weighted by Gasteiger charge is -2.19. The third kappa shape index (κ3) is 5.72. The molecule has 3 aromatic rings. The van der Waals surface area contributed by atoms with E-state index in [0.29, 0.717) is 11.3 Å². The van der Waals surface area contributed by atoms with Crippen molar-refractivity contribution < 1.29 is 14.3 Å². The van der Waals surface area contributed by atoms with Crippen LogP contribution in [0.5, 0.6) is 0 Å². The van der Waals surface area contributed by atoms with E-state index in [1.807, 2.05) is 66.7 Å². The summed E-state index contributed by atoms with van der Waals surface area (Å²) >= 11 is 1.37. The van der Waals surface area contributed by atoms with Gasteiger partial charge in [0.1, 0.15) is 5.25 Å². The number of carbonyl (C=O) groups excluding carboxylic acids is 2. The zero-order chi connectivity index (χ0) is 21.3. The maximum Gasteiger partial charge on any atom is 0.324 e. The summed E-state index contributed by atoms with van der Waals surface area (Å²) in [5.74, 6) is -0.929. The highest BCUT2D eigenvalue weighted by Gasteiger charge is 2.27. The second-order valence-corrected chi connectivity index (χ2v) is 7.66. The molecule has 0 aliphatic heterocycles. The second kappa shape index (κ2) is 10.3. The maximum atomic E-state index is 12.9. The van der Waals surface area contributed by atoms with Gasteiger partial charge in [-0.1, -0.05) is 48.5 Å². The van der Waals surface area contributed by atoms with Gasteiger partial charge in [0.05, 0.1) is 11.6 Å². The highest BCUT2D eigenvalue weighted by molar-refractivity contribution is 8.00. The van der Waals surface area contributed by atoms with E-state index in [2.05, 4.69) is 5.32 Å². The van der Waals surface area contributed by atoms with Crippen LogP contribution >= 0.6 is 11.8 Å². The van der Waals surface area contributed by atoms with Gasteiger partial charge in [-0.05, 0) is 48.9 Å². The minimum absolute atomic E-state index is 0.440. The van der Waals surface area contributed by atoms with Crippen molar-refractivity contribution in [3.05, 3.63) is 96.1 Å². The summed E-state index contributed by atoms with van der Waals surface area (Å²) in [6, 6.07) is 27.4. The zero-order valence-electron chi connectivity index (χ0n) is 16.3. The van der Waals surface area contributed by atoms with Crippen LogP contribution in [0.25, 0.3) is 0 Å². The molecule has 3 aromatic carbocycles. The van der Waals surface area contributed by atoms with Crippen LogP contribution in [0.4, 0.5) is 5.69 Å². The first kappa shape index (κ1) is 21.2. The molecule has 0 unspecified atom stereocenters. The fraction of sp³-hybridized carbons (Fsp3) is 0.125. The van der Waals surface area contributed by atoms with Gasteiger partial charge >= 0.3 is 5.97 Å². The van der Waals surface area contributed by atoms with E-state index in [1.165, 1.54) is 18.7 Å². The Hall–Kier alpha value is -3.56. The van der Waals surface area contributed by atoms with Crippen molar-refractivity contribution in [2.24, 2.45) is 0 Å². The lowest BCUT2D eigenvalue weighted by molar-refractivity contribution is -0.152. The van der Waals surface area contributed by atoms with Gasteiger partial charge in [-0.3, -0.25) is 9.59 Å². The van der Waals surface area contributed by atoms with Gasteiger partial charge in [-0.15, -0.1) is 11.8 Å². The van der Waals surface area contributed by atoms with Gasteiger partial charge in [0.25, 0.3) is 5.91 Å². The Morgan fingerprint density at radius 1 is 0.933 bits per heavy atom. The van der Waals surface area contributed by atoms with Crippen molar-refractivity contribution >= 4 is 29.3 Å². The molecule has 0 radical (unpaired) electrons. The number of carbonyl (C=O) groups is 2. The number of nitriles is 1. The zero-order valence-corrected chi connectivity index (χ0v) is 17.1. The average Bonchev–Trinajstić information content (AvgIpc) is 2.79. The van der Waals surface area contributed by atoms with Crippen LogP contribution in [0.1, 0.15) is 23.3 Å². The van der Waals surface area contributed by atoms with E-state index in [9.17, 15) is 9.59 Å². The van der Waals surface area contributed by atoms with Crippen LogP contribution in [0, 0.1) is 11.3 Å². The number of hydrogen-bond donors (Lipinski definition) is 1. The molecule has 1 N–H and O–H groups in total. The fourth-order valence-corrected chi connectivity index (χ4v) is 3.71. The monoisotopic (exact) mass is 416 g/mol. The molecular weight excluding hydrogens is 396 g/mol. The van der Waals surface area contributed by atoms with Gasteiger partial charge < -0.3 is 10.1 Å². The summed E-state index contributed by atoms with van der Waals surface area (Å²) in [6.07, 6.45) is -0.976. The summed E-state index contributed by atoms with van der Waals surface area (Å²) < 4.78 is 5.49. The molecule has 5 nitrogen and oxygen atoms in total. The van der Waals surface area contributed by atoms with E-state index in [-0.39, 0.29) is 0 Å². The molecule has 0 aliphatic carbocycles. The van der Waals surface area contributed by atoms with E-state index in [1.54, 1.807) is 24.3 Å². The minimum atomic E-state index is -0.976. The Morgan fingerprint density at radius 2 is 1.53 bits per heavy atom. The van der Waals surface area contributed by atoms with Crippen LogP contribution in [-0.2, 0) is 14.3 Å². The van der Waals surface area contributed by atoms with Gasteiger partial charge in [-0.25, -0.2) is 0 Å². The molecule has 6 heteroatoms. The van der Waals surface area contributed by atoms with Crippen molar-refractivity contribution in [1.29, 1.82) is 5.26 Å². The summed E-state index contributed by atoms with van der Waals surface area (Å²) in [6.45, 7) is 1.53. The maximum absolute atomic E-state index is 12.9. The predicted molar refractivity (Wildman–Crippen MR) is 117 cm³/mol. The first-order valence-electron chi connectivity index (χ1n) is 9.35. The summed E-state index contributed by atoms with van der Waals surface area (Å²) in [5.41, 5.74) is 1.83. The topological polar surface area (TPSA) is 79.2 Å². The first-order valence-corrected chi connectivity index (χ1v) is 10.2. The SMILES string of the molecule is C[C@@H](OC(=O)[C@H](Sc1ccccc1)c1ccccc1)C(=O)Nc1ccc(C#N)cc1. The molecule has 0 aromatic heterocycles. The number of hydrogen-bond acceptors (Lipinski definition) is 5. The third-order valence-corrected chi connectivity index (χ3v) is 5.50. The molecule has 0 fully saturated rings. The average molecular weight is 417 g/mol. The number of esters is 1. The minimum Gasteiger partial charge on any atom is -0.451 e. The van der Waals surface area contributed by atoms with Gasteiger partial charge in [0, 0.05) is 10.6 Å². The van der Waals surface area contributed by atoms with Crippen LogP contribution in [0.15, 0.2) is 89.8 Å². The summed E-state index contributed by atoms with van der Waals surface area (Å²) in [7, 11) is 0. The second-order valence-electron chi connectivity index (χ2n) is 6.48. The van der Waals surface area contributed by atoms with Crippen molar-refractivity contribution in [2.45, 2.75) is 23.2 Å². The number of ether oxygens (including phenoxy) is 1. The van der Waals surface area contributed by atoms with Crippen LogP contribution < -0.4 is 5.32 Å². The standard InChI is InChI=1S/C24H20N2O3S/c1-17(23(27)26-20-14-12-18(16-25)13-15-20)29-24(28)22(19-8-4-2-5-9-19)30-21-10-6-3-7-11-21/h2-15,17,22H,1H3,(H,26,27)/t17-,22-/m1/s1. The number of anilines is 1. The number of rotatable bonds is 7. The van der Waals surface area contributed by atoms with E-state index in [4.69, 9.17) is 10.00 Å². The molecule has 0 spiro atoms. The fourth-order valence-electron chi connectivity index (χ4n) is 2.68. The van der Waals surface area contributed by atoms with Gasteiger partial charge in [-0.2, -0.15) is 5.26 Å². The van der Waals surface area contributed by atoms with Gasteiger partial charge in [0.2, 0.25) is 0 Å². The molecule has 150 valence electrons.